The van der Waals surface area contributed by atoms with Crippen molar-refractivity contribution < 1.29 is 0 Å². The van der Waals surface area contributed by atoms with E-state index >= 15 is 0 Å². The number of nitrogens with two attached hydrogens (primary N) is 1. The van der Waals surface area contributed by atoms with Gasteiger partial charge in [0.25, 0.3) is 0 Å². The van der Waals surface area contributed by atoms with E-state index in [2.05, 4.69) is 96.8 Å². The number of hydrogen-bond donors (Lipinski definition) is 2. The number of fused-ring (bicyclic) bond motifs is 5. The van der Waals surface area contributed by atoms with Gasteiger partial charge in [0.1, 0.15) is 13.7 Å². The predicted octanol–water partition coefficient (Wildman–Crippen LogP) is 7.65. The molecule has 0 heterocycles. The molecule has 4 unspecified atom stereocenters. The molecule has 2 radical (unpaired) electrons. The van der Waals surface area contributed by atoms with Gasteiger partial charge in [0.15, 0.2) is 5.84 Å². The Balaban J connectivity index is 1.26. The van der Waals surface area contributed by atoms with Gasteiger partial charge in [-0.3, -0.25) is 5.41 Å². The van der Waals surface area contributed by atoms with Crippen LogP contribution in [-0.4, -0.2) is 19.5 Å². The van der Waals surface area contributed by atoms with Crippen molar-refractivity contribution in [3.05, 3.63) is 125 Å². The molecule has 0 saturated heterocycles. The van der Waals surface area contributed by atoms with E-state index in [1.54, 1.807) is 0 Å². The molecule has 0 amide bonds. The third kappa shape index (κ3) is 4.36. The van der Waals surface area contributed by atoms with Crippen LogP contribution in [0.2, 0.25) is 0 Å². The van der Waals surface area contributed by atoms with E-state index in [9.17, 15) is 0 Å². The van der Waals surface area contributed by atoms with Crippen molar-refractivity contribution >= 4 is 46.5 Å². The Kier molecular flexibility index (Phi) is 6.73. The molecule has 0 spiro atoms. The zero-order valence-electron chi connectivity index (χ0n) is 24.2. The fraction of sp³-hybridized carbons (Fsp3) is 0.263. The number of benzene rings is 5. The number of rotatable bonds is 4. The van der Waals surface area contributed by atoms with E-state index in [1.807, 2.05) is 18.2 Å². The van der Waals surface area contributed by atoms with E-state index in [0.29, 0.717) is 17.7 Å². The van der Waals surface area contributed by atoms with Crippen molar-refractivity contribution in [2.24, 2.45) is 28.5 Å². The fourth-order valence-electron chi connectivity index (χ4n) is 8.39. The summed E-state index contributed by atoms with van der Waals surface area (Å²) in [6.07, 6.45) is 6.45. The minimum absolute atomic E-state index is 0.0579. The molecular weight excluding hydrogens is 509 g/mol. The number of amidine groups is 2. The van der Waals surface area contributed by atoms with Crippen molar-refractivity contribution in [1.29, 1.82) is 5.41 Å². The molecule has 206 valence electrons. The molecule has 5 aromatic carbocycles. The largest absolute Gasteiger partial charge is 0.383 e. The zero-order valence-corrected chi connectivity index (χ0v) is 24.2. The first kappa shape index (κ1) is 26.7. The highest BCUT2D eigenvalue weighted by Crippen LogP contribution is 2.57. The van der Waals surface area contributed by atoms with Crippen LogP contribution in [-0.2, 0) is 5.41 Å². The van der Waals surface area contributed by atoms with Gasteiger partial charge in [-0.2, -0.15) is 0 Å². The van der Waals surface area contributed by atoms with Crippen LogP contribution < -0.4 is 11.2 Å². The number of hydrogen-bond acceptors (Lipinski definition) is 1. The third-order valence-corrected chi connectivity index (χ3v) is 10.2. The topological polar surface area (TPSA) is 62.2 Å². The first-order chi connectivity index (χ1) is 20.4. The lowest BCUT2D eigenvalue weighted by Gasteiger charge is -2.54. The molecule has 42 heavy (non-hydrogen) atoms. The monoisotopic (exact) mass is 545 g/mol. The lowest BCUT2D eigenvalue weighted by Crippen LogP contribution is -2.49. The molecule has 2 aliphatic carbocycles. The van der Waals surface area contributed by atoms with Gasteiger partial charge >= 0.3 is 0 Å². The van der Waals surface area contributed by atoms with Crippen molar-refractivity contribution in [2.45, 2.75) is 44.4 Å². The first-order valence-corrected chi connectivity index (χ1v) is 15.3. The molecule has 2 fully saturated rings. The highest BCUT2D eigenvalue weighted by Gasteiger charge is 2.51. The number of nitrogens with zero attached hydrogens (tertiary/aromatic N) is 1. The van der Waals surface area contributed by atoms with Gasteiger partial charge in [-0.25, -0.2) is 4.99 Å². The molecule has 4 atom stereocenters. The summed E-state index contributed by atoms with van der Waals surface area (Å²) < 4.78 is 0. The minimum Gasteiger partial charge on any atom is -0.383 e. The smallest absolute Gasteiger partial charge is 0.154 e. The highest BCUT2D eigenvalue weighted by molar-refractivity contribution is 6.32. The molecule has 2 aliphatic rings. The zero-order chi connectivity index (χ0) is 28.8. The molecule has 3 N–H and O–H groups in total. The summed E-state index contributed by atoms with van der Waals surface area (Å²) in [7, 11) is 6.12. The normalized spacial score (nSPS) is 24.1. The summed E-state index contributed by atoms with van der Waals surface area (Å²) >= 11 is 0. The van der Waals surface area contributed by atoms with Gasteiger partial charge in [0.2, 0.25) is 0 Å². The molecule has 7 rings (SSSR count). The molecule has 2 saturated carbocycles. The quantitative estimate of drug-likeness (QED) is 0.104. The van der Waals surface area contributed by atoms with Crippen LogP contribution in [0.4, 0.5) is 0 Å². The maximum absolute atomic E-state index is 8.90. The third-order valence-electron chi connectivity index (χ3n) is 10.2. The second-order valence-corrected chi connectivity index (χ2v) is 12.5. The Morgan fingerprint density at radius 2 is 1.45 bits per heavy atom. The molecule has 0 aromatic heterocycles. The van der Waals surface area contributed by atoms with Gasteiger partial charge < -0.3 is 5.73 Å². The van der Waals surface area contributed by atoms with E-state index in [-0.39, 0.29) is 11.3 Å². The SMILES string of the molecule is [B]c1ccc(C2(c3ccc(C(=N)N=C(N)c4cc5ccccc5c5ccccc45)cc3)C(C)CC3CCCC2C3)cc1. The lowest BCUT2D eigenvalue weighted by molar-refractivity contribution is 0.0642. The molecule has 3 nitrogen and oxygen atoms in total. The molecule has 4 heteroatoms. The summed E-state index contributed by atoms with van der Waals surface area (Å²) in [5.74, 6) is 2.48. The van der Waals surface area contributed by atoms with Crippen LogP contribution in [0, 0.1) is 23.2 Å². The Bertz CT molecular complexity index is 1820. The van der Waals surface area contributed by atoms with E-state index in [4.69, 9.17) is 19.0 Å². The Labute approximate surface area is 249 Å². The standard InChI is InChI=1S/C38H36BN3/c1-24-21-25-7-6-9-30(22-25)38(24,29-17-19-31(39)20-18-29)28-15-13-26(14-16-28)36(40)42-37(41)35-23-27-8-2-3-10-32(27)33-11-4-5-12-34(33)35/h2-5,8,10-20,23-25,30H,6-7,9,21-22H2,1H3,(H3,40,41,42). The van der Waals surface area contributed by atoms with E-state index in [0.717, 1.165) is 38.7 Å². The van der Waals surface area contributed by atoms with Crippen LogP contribution in [0.1, 0.15) is 61.3 Å². The van der Waals surface area contributed by atoms with Crippen LogP contribution in [0.3, 0.4) is 0 Å². The van der Waals surface area contributed by atoms with Crippen LogP contribution in [0.15, 0.2) is 108 Å². The average molecular weight is 546 g/mol. The van der Waals surface area contributed by atoms with Crippen LogP contribution in [0.25, 0.3) is 21.5 Å². The van der Waals surface area contributed by atoms with Crippen molar-refractivity contribution in [3.63, 3.8) is 0 Å². The van der Waals surface area contributed by atoms with Gasteiger partial charge in [-0.15, -0.1) is 0 Å². The molecule has 5 aromatic rings. The van der Waals surface area contributed by atoms with E-state index < -0.39 is 0 Å². The predicted molar refractivity (Wildman–Crippen MR) is 177 cm³/mol. The minimum atomic E-state index is -0.0579. The maximum atomic E-state index is 8.90. The van der Waals surface area contributed by atoms with Crippen LogP contribution >= 0.6 is 0 Å². The fourth-order valence-corrected chi connectivity index (χ4v) is 8.39. The first-order valence-electron chi connectivity index (χ1n) is 15.3. The lowest BCUT2D eigenvalue weighted by atomic mass is 9.49. The van der Waals surface area contributed by atoms with Gasteiger partial charge in [0, 0.05) is 16.5 Å². The Morgan fingerprint density at radius 1 is 0.810 bits per heavy atom. The average Bonchev–Trinajstić information content (AvgIpc) is 3.02. The van der Waals surface area contributed by atoms with Gasteiger partial charge in [0.05, 0.1) is 0 Å². The molecule has 0 aliphatic heterocycles. The van der Waals surface area contributed by atoms with Crippen LogP contribution in [0.5, 0.6) is 0 Å². The summed E-state index contributed by atoms with van der Waals surface area (Å²) in [5.41, 5.74) is 11.7. The summed E-state index contributed by atoms with van der Waals surface area (Å²) in [4.78, 5) is 4.63. The Hall–Kier alpha value is -4.18. The van der Waals surface area contributed by atoms with Gasteiger partial charge in [-0.05, 0) is 75.8 Å². The molecular formula is C38H36BN3. The van der Waals surface area contributed by atoms with Crippen molar-refractivity contribution in [3.8, 4) is 0 Å². The Morgan fingerprint density at radius 3 is 2.19 bits per heavy atom. The van der Waals surface area contributed by atoms with Crippen molar-refractivity contribution in [2.75, 3.05) is 0 Å². The van der Waals surface area contributed by atoms with Gasteiger partial charge in [-0.1, -0.05) is 122 Å². The molecule has 2 bridgehead atoms. The van der Waals surface area contributed by atoms with E-state index in [1.165, 1.54) is 48.6 Å². The second kappa shape index (κ2) is 10.6. The number of aliphatic imine (C=N–C) groups is 1. The summed E-state index contributed by atoms with van der Waals surface area (Å²) in [5, 5.41) is 13.4. The van der Waals surface area contributed by atoms with Crippen molar-refractivity contribution in [1.82, 2.24) is 0 Å². The number of nitrogens with one attached hydrogen (secondary N) is 1. The summed E-state index contributed by atoms with van der Waals surface area (Å²) in [6, 6.07) is 35.9. The second-order valence-electron chi connectivity index (χ2n) is 12.5. The highest BCUT2D eigenvalue weighted by atomic mass is 14.9. The maximum Gasteiger partial charge on any atom is 0.154 e. The summed E-state index contributed by atoms with van der Waals surface area (Å²) in [6.45, 7) is 2.44.